The second-order valence-electron chi connectivity index (χ2n) is 9.36. The first-order valence-electron chi connectivity index (χ1n) is 12.3. The van der Waals surface area contributed by atoms with E-state index in [0.717, 1.165) is 83.8 Å². The first-order valence-corrected chi connectivity index (χ1v) is 12.3. The molecule has 2 N–H and O–H groups in total. The van der Waals surface area contributed by atoms with Crippen molar-refractivity contribution in [2.45, 2.75) is 37.8 Å². The van der Waals surface area contributed by atoms with Gasteiger partial charge in [0.2, 0.25) is 0 Å². The third kappa shape index (κ3) is 4.10. The van der Waals surface area contributed by atoms with Crippen molar-refractivity contribution in [3.63, 3.8) is 0 Å². The normalized spacial score (nSPS) is 21.7. The van der Waals surface area contributed by atoms with Gasteiger partial charge in [-0.25, -0.2) is 9.97 Å². The van der Waals surface area contributed by atoms with Gasteiger partial charge < -0.3 is 19.8 Å². The van der Waals surface area contributed by atoms with Crippen LogP contribution in [0.5, 0.6) is 5.75 Å². The van der Waals surface area contributed by atoms with E-state index in [-0.39, 0.29) is 0 Å². The summed E-state index contributed by atoms with van der Waals surface area (Å²) in [6.07, 6.45) is 6.41. The van der Waals surface area contributed by atoms with Crippen LogP contribution in [0.15, 0.2) is 48.8 Å². The van der Waals surface area contributed by atoms with Crippen LogP contribution in [0, 0.1) is 0 Å². The quantitative estimate of drug-likeness (QED) is 0.447. The number of H-pyrrole nitrogens is 1. The van der Waals surface area contributed by atoms with Crippen molar-refractivity contribution in [3.05, 3.63) is 48.8 Å². The number of fused-ring (bicyclic) bond motifs is 3. The number of aromatic nitrogens is 3. The summed E-state index contributed by atoms with van der Waals surface area (Å²) in [7, 11) is 1.70. The third-order valence-corrected chi connectivity index (χ3v) is 7.39. The lowest BCUT2D eigenvalue weighted by Gasteiger charge is -2.39. The topological polar surface area (TPSA) is 75.3 Å². The van der Waals surface area contributed by atoms with E-state index in [0.29, 0.717) is 12.1 Å². The van der Waals surface area contributed by atoms with Crippen molar-refractivity contribution in [2.24, 2.45) is 0 Å². The van der Waals surface area contributed by atoms with Crippen molar-refractivity contribution in [1.82, 2.24) is 19.9 Å². The molecule has 1 saturated heterocycles. The zero-order valence-corrected chi connectivity index (χ0v) is 19.6. The van der Waals surface area contributed by atoms with Crippen molar-refractivity contribution < 1.29 is 9.47 Å². The first kappa shape index (κ1) is 21.4. The molecule has 2 aliphatic rings. The van der Waals surface area contributed by atoms with Crippen LogP contribution in [0.2, 0.25) is 0 Å². The van der Waals surface area contributed by atoms with E-state index in [1.807, 2.05) is 12.1 Å². The lowest BCUT2D eigenvalue weighted by Crippen LogP contribution is -2.46. The molecule has 0 amide bonds. The van der Waals surface area contributed by atoms with Gasteiger partial charge in [0.05, 0.1) is 25.7 Å². The molecule has 2 aromatic carbocycles. The molecule has 6 rings (SSSR count). The monoisotopic (exact) mass is 457 g/mol. The predicted molar refractivity (Wildman–Crippen MR) is 135 cm³/mol. The smallest absolute Gasteiger partial charge is 0.143 e. The molecule has 2 fully saturated rings. The summed E-state index contributed by atoms with van der Waals surface area (Å²) in [5, 5.41) is 5.98. The molecule has 0 bridgehead atoms. The molecule has 4 aromatic rings. The van der Waals surface area contributed by atoms with Crippen LogP contribution in [0.4, 0.5) is 5.82 Å². The summed E-state index contributed by atoms with van der Waals surface area (Å²) in [6.45, 7) is 3.88. The first-order chi connectivity index (χ1) is 16.8. The summed E-state index contributed by atoms with van der Waals surface area (Å²) < 4.78 is 11.0. The average molecular weight is 458 g/mol. The fraction of sp³-hybridized carbons (Fsp3) is 0.407. The summed E-state index contributed by atoms with van der Waals surface area (Å²) in [6, 6.07) is 15.8. The van der Waals surface area contributed by atoms with E-state index in [1.54, 1.807) is 13.4 Å². The van der Waals surface area contributed by atoms with Crippen LogP contribution in [0.1, 0.15) is 25.7 Å². The van der Waals surface area contributed by atoms with E-state index in [2.05, 4.69) is 55.5 Å². The Balaban J connectivity index is 1.27. The second-order valence-corrected chi connectivity index (χ2v) is 9.36. The summed E-state index contributed by atoms with van der Waals surface area (Å²) >= 11 is 0. The van der Waals surface area contributed by atoms with Gasteiger partial charge in [-0.15, -0.1) is 0 Å². The van der Waals surface area contributed by atoms with Crippen molar-refractivity contribution in [2.75, 3.05) is 38.7 Å². The molecule has 7 nitrogen and oxygen atoms in total. The highest BCUT2D eigenvalue weighted by atomic mass is 16.5. The Kier molecular flexibility index (Phi) is 5.81. The minimum absolute atomic E-state index is 0.432. The number of rotatable bonds is 5. The third-order valence-electron chi connectivity index (χ3n) is 7.39. The number of hydrogen-bond acceptors (Lipinski definition) is 6. The van der Waals surface area contributed by atoms with Gasteiger partial charge in [0.15, 0.2) is 0 Å². The van der Waals surface area contributed by atoms with Crippen molar-refractivity contribution in [3.8, 4) is 16.9 Å². The minimum atomic E-state index is 0.432. The van der Waals surface area contributed by atoms with Gasteiger partial charge in [-0.05, 0) is 61.1 Å². The number of hydrogen-bond donors (Lipinski definition) is 2. The highest BCUT2D eigenvalue weighted by molar-refractivity contribution is 6.12. The Labute approximate surface area is 199 Å². The Morgan fingerprint density at radius 3 is 2.65 bits per heavy atom. The molecule has 1 aliphatic heterocycles. The number of ether oxygens (including phenoxy) is 2. The second kappa shape index (κ2) is 9.24. The van der Waals surface area contributed by atoms with Crippen molar-refractivity contribution >= 4 is 27.8 Å². The maximum absolute atomic E-state index is 5.53. The van der Waals surface area contributed by atoms with Crippen LogP contribution >= 0.6 is 0 Å². The van der Waals surface area contributed by atoms with Gasteiger partial charge in [0.1, 0.15) is 23.5 Å². The number of benzene rings is 2. The number of nitrogens with zero attached hydrogens (tertiary/aromatic N) is 3. The highest BCUT2D eigenvalue weighted by Crippen LogP contribution is 2.34. The van der Waals surface area contributed by atoms with Crippen LogP contribution in [-0.2, 0) is 4.74 Å². The Hall–Kier alpha value is -3.16. The molecule has 176 valence electrons. The number of aromatic amines is 1. The summed E-state index contributed by atoms with van der Waals surface area (Å²) in [5.74, 6) is 1.78. The standard InChI is InChI=1S/C27H31N5O2/c1-33-22-4-2-3-18(15-22)19-5-10-24-23(16-19)25-26(28-17-29-27(25)31-24)30-20-6-8-21(9-7-20)32-11-13-34-14-12-32/h2-5,10,15-17,20-21H,6-9,11-14H2,1H3,(H2,28,29,30,31). The van der Waals surface area contributed by atoms with Gasteiger partial charge in [-0.2, -0.15) is 0 Å². The largest absolute Gasteiger partial charge is 0.497 e. The lowest BCUT2D eigenvalue weighted by molar-refractivity contribution is 0.00791. The van der Waals surface area contributed by atoms with Gasteiger partial charge in [-0.3, -0.25) is 4.90 Å². The van der Waals surface area contributed by atoms with E-state index >= 15 is 0 Å². The Morgan fingerprint density at radius 1 is 1.00 bits per heavy atom. The van der Waals surface area contributed by atoms with Gasteiger partial charge in [-0.1, -0.05) is 18.2 Å². The SMILES string of the molecule is COc1cccc(-c2ccc3[nH]c4ncnc(NC5CCC(N6CCOCC6)CC5)c4c3c2)c1. The van der Waals surface area contributed by atoms with Gasteiger partial charge >= 0.3 is 0 Å². The molecule has 0 radical (unpaired) electrons. The molecule has 7 heteroatoms. The van der Waals surface area contributed by atoms with E-state index in [1.165, 1.54) is 12.8 Å². The molecular formula is C27H31N5O2. The van der Waals surface area contributed by atoms with Crippen LogP contribution in [-0.4, -0.2) is 65.3 Å². The molecular weight excluding hydrogens is 426 g/mol. The Bertz CT molecular complexity index is 1290. The zero-order valence-electron chi connectivity index (χ0n) is 19.6. The van der Waals surface area contributed by atoms with E-state index in [4.69, 9.17) is 9.47 Å². The van der Waals surface area contributed by atoms with Crippen molar-refractivity contribution in [1.29, 1.82) is 0 Å². The number of methoxy groups -OCH3 is 1. The molecule has 34 heavy (non-hydrogen) atoms. The number of morpholine rings is 1. The zero-order chi connectivity index (χ0) is 22.9. The highest BCUT2D eigenvalue weighted by Gasteiger charge is 2.27. The number of anilines is 1. The van der Waals surface area contributed by atoms with Crippen LogP contribution < -0.4 is 10.1 Å². The maximum Gasteiger partial charge on any atom is 0.143 e. The maximum atomic E-state index is 5.53. The Morgan fingerprint density at radius 2 is 1.82 bits per heavy atom. The molecule has 1 saturated carbocycles. The lowest BCUT2D eigenvalue weighted by atomic mass is 9.90. The number of nitrogens with one attached hydrogen (secondary N) is 2. The fourth-order valence-electron chi connectivity index (χ4n) is 5.54. The summed E-state index contributed by atoms with van der Waals surface area (Å²) in [4.78, 5) is 15.3. The van der Waals surface area contributed by atoms with E-state index in [9.17, 15) is 0 Å². The van der Waals surface area contributed by atoms with Gasteiger partial charge in [0.25, 0.3) is 0 Å². The van der Waals surface area contributed by atoms with Gasteiger partial charge in [0, 0.05) is 36.1 Å². The molecule has 3 heterocycles. The average Bonchev–Trinajstić information content (AvgIpc) is 3.28. The molecule has 0 unspecified atom stereocenters. The minimum Gasteiger partial charge on any atom is -0.497 e. The van der Waals surface area contributed by atoms with E-state index < -0.39 is 0 Å². The summed E-state index contributed by atoms with van der Waals surface area (Å²) in [5.41, 5.74) is 4.22. The predicted octanol–water partition coefficient (Wildman–Crippen LogP) is 4.84. The molecule has 0 atom stereocenters. The van der Waals surface area contributed by atoms with Crippen LogP contribution in [0.3, 0.4) is 0 Å². The van der Waals surface area contributed by atoms with Crippen LogP contribution in [0.25, 0.3) is 33.1 Å². The fourth-order valence-corrected chi connectivity index (χ4v) is 5.54. The molecule has 2 aromatic heterocycles. The molecule has 1 aliphatic carbocycles. The molecule has 0 spiro atoms.